The Morgan fingerprint density at radius 2 is 2.00 bits per heavy atom. The van der Waals surface area contributed by atoms with Gasteiger partial charge in [-0.15, -0.1) is 6.58 Å². The molecule has 0 aromatic heterocycles. The van der Waals surface area contributed by atoms with E-state index >= 15 is 0 Å². The van der Waals surface area contributed by atoms with E-state index < -0.39 is 0 Å². The number of rotatable bonds is 4. The van der Waals surface area contributed by atoms with E-state index in [0.717, 1.165) is 26.3 Å². The molecule has 1 rings (SSSR count). The molecule has 0 aliphatic carbocycles. The number of morpholine rings is 1. The van der Waals surface area contributed by atoms with Crippen molar-refractivity contribution in [2.75, 3.05) is 33.4 Å². The van der Waals surface area contributed by atoms with Crippen LogP contribution in [0.1, 0.15) is 13.8 Å². The van der Waals surface area contributed by atoms with Crippen molar-refractivity contribution in [1.82, 2.24) is 10.2 Å². The van der Waals surface area contributed by atoms with Crippen molar-refractivity contribution in [2.24, 2.45) is 0 Å². The van der Waals surface area contributed by atoms with E-state index in [0.29, 0.717) is 6.04 Å². The molecule has 0 radical (unpaired) electrons. The van der Waals surface area contributed by atoms with Crippen molar-refractivity contribution in [1.29, 1.82) is 0 Å². The minimum atomic E-state index is 0.111. The van der Waals surface area contributed by atoms with Crippen LogP contribution < -0.4 is 5.32 Å². The predicted molar refractivity (Wildman–Crippen MR) is 59.5 cm³/mol. The lowest BCUT2D eigenvalue weighted by Gasteiger charge is -2.44. The van der Waals surface area contributed by atoms with Crippen LogP contribution in [0.25, 0.3) is 0 Å². The summed E-state index contributed by atoms with van der Waals surface area (Å²) in [6.45, 7) is 12.1. The molecule has 1 N–H and O–H groups in total. The van der Waals surface area contributed by atoms with Gasteiger partial charge in [0, 0.05) is 24.7 Å². The molecule has 1 saturated heterocycles. The maximum Gasteiger partial charge on any atom is 0.0594 e. The maximum atomic E-state index is 5.35. The van der Waals surface area contributed by atoms with Crippen LogP contribution in [-0.2, 0) is 4.74 Å². The highest BCUT2D eigenvalue weighted by molar-refractivity contribution is 5.02. The van der Waals surface area contributed by atoms with Gasteiger partial charge in [0.25, 0.3) is 0 Å². The molecule has 0 saturated carbocycles. The van der Waals surface area contributed by atoms with E-state index in [-0.39, 0.29) is 5.54 Å². The van der Waals surface area contributed by atoms with Crippen molar-refractivity contribution in [2.45, 2.75) is 25.4 Å². The van der Waals surface area contributed by atoms with Gasteiger partial charge in [-0.3, -0.25) is 4.90 Å². The normalized spacial score (nSPS) is 21.9. The zero-order chi connectivity index (χ0) is 10.6. The third-order valence-corrected chi connectivity index (χ3v) is 3.13. The minimum Gasteiger partial charge on any atom is -0.379 e. The fourth-order valence-electron chi connectivity index (χ4n) is 2.10. The van der Waals surface area contributed by atoms with E-state index in [1.807, 2.05) is 13.1 Å². The molecule has 0 aromatic carbocycles. The molecule has 14 heavy (non-hydrogen) atoms. The lowest BCUT2D eigenvalue weighted by molar-refractivity contribution is -0.0168. The van der Waals surface area contributed by atoms with E-state index in [1.54, 1.807) is 0 Å². The second kappa shape index (κ2) is 4.91. The van der Waals surface area contributed by atoms with Gasteiger partial charge in [0.1, 0.15) is 0 Å². The summed E-state index contributed by atoms with van der Waals surface area (Å²) in [7, 11) is 1.98. The molecule has 1 aliphatic rings. The summed E-state index contributed by atoms with van der Waals surface area (Å²) in [6.07, 6.45) is 1.98. The number of hydrogen-bond acceptors (Lipinski definition) is 3. The van der Waals surface area contributed by atoms with Crippen LogP contribution in [0.5, 0.6) is 0 Å². The topological polar surface area (TPSA) is 24.5 Å². The van der Waals surface area contributed by atoms with Crippen LogP contribution >= 0.6 is 0 Å². The Kier molecular flexibility index (Phi) is 4.11. The SMILES string of the molecule is C=CC(NC)C(C)(C)N1CCOCC1. The smallest absolute Gasteiger partial charge is 0.0594 e. The van der Waals surface area contributed by atoms with Gasteiger partial charge in [0.05, 0.1) is 13.2 Å². The second-order valence-corrected chi connectivity index (χ2v) is 4.26. The Balaban J connectivity index is 2.65. The fourth-order valence-corrected chi connectivity index (χ4v) is 2.10. The lowest BCUT2D eigenvalue weighted by Crippen LogP contribution is -2.59. The van der Waals surface area contributed by atoms with Crippen molar-refractivity contribution in [3.8, 4) is 0 Å². The number of hydrogen-bond donors (Lipinski definition) is 1. The van der Waals surface area contributed by atoms with Gasteiger partial charge in [-0.2, -0.15) is 0 Å². The number of nitrogens with one attached hydrogen (secondary N) is 1. The zero-order valence-electron chi connectivity index (χ0n) is 9.55. The Labute approximate surface area is 87.1 Å². The van der Waals surface area contributed by atoms with E-state index in [9.17, 15) is 0 Å². The number of ether oxygens (including phenoxy) is 1. The van der Waals surface area contributed by atoms with Gasteiger partial charge in [-0.1, -0.05) is 6.08 Å². The molecule has 3 heteroatoms. The van der Waals surface area contributed by atoms with Gasteiger partial charge in [0.15, 0.2) is 0 Å². The molecular weight excluding hydrogens is 176 g/mol. The molecule has 1 aliphatic heterocycles. The quantitative estimate of drug-likeness (QED) is 0.678. The first-order valence-electron chi connectivity index (χ1n) is 5.25. The summed E-state index contributed by atoms with van der Waals surface area (Å²) >= 11 is 0. The van der Waals surface area contributed by atoms with Gasteiger partial charge < -0.3 is 10.1 Å². The van der Waals surface area contributed by atoms with E-state index in [4.69, 9.17) is 4.74 Å². The first-order chi connectivity index (χ1) is 6.62. The zero-order valence-corrected chi connectivity index (χ0v) is 9.55. The van der Waals surface area contributed by atoms with Crippen molar-refractivity contribution >= 4 is 0 Å². The molecule has 3 nitrogen and oxygen atoms in total. The Morgan fingerprint density at radius 3 is 2.43 bits per heavy atom. The maximum absolute atomic E-state index is 5.35. The van der Waals surface area contributed by atoms with E-state index in [2.05, 4.69) is 30.6 Å². The van der Waals surface area contributed by atoms with Crippen molar-refractivity contribution < 1.29 is 4.74 Å². The average Bonchev–Trinajstić information content (AvgIpc) is 2.20. The fraction of sp³-hybridized carbons (Fsp3) is 0.818. The molecule has 0 spiro atoms. The molecule has 82 valence electrons. The highest BCUT2D eigenvalue weighted by atomic mass is 16.5. The van der Waals surface area contributed by atoms with Crippen LogP contribution in [0, 0.1) is 0 Å². The summed E-state index contributed by atoms with van der Waals surface area (Å²) in [5.74, 6) is 0. The molecule has 0 amide bonds. The van der Waals surface area contributed by atoms with Gasteiger partial charge >= 0.3 is 0 Å². The number of nitrogens with zero attached hydrogens (tertiary/aromatic N) is 1. The molecule has 1 heterocycles. The molecular formula is C11H22N2O. The van der Waals surface area contributed by atoms with Crippen LogP contribution in [0.4, 0.5) is 0 Å². The van der Waals surface area contributed by atoms with Crippen molar-refractivity contribution in [3.05, 3.63) is 12.7 Å². The molecule has 0 aromatic rings. The van der Waals surface area contributed by atoms with Crippen LogP contribution in [0.15, 0.2) is 12.7 Å². The predicted octanol–water partition coefficient (Wildman–Crippen LogP) is 0.871. The summed E-state index contributed by atoms with van der Waals surface area (Å²) in [4.78, 5) is 2.46. The summed E-state index contributed by atoms with van der Waals surface area (Å²) in [6, 6.07) is 0.320. The Hall–Kier alpha value is -0.380. The van der Waals surface area contributed by atoms with Crippen molar-refractivity contribution in [3.63, 3.8) is 0 Å². The van der Waals surface area contributed by atoms with Gasteiger partial charge in [0.2, 0.25) is 0 Å². The third kappa shape index (κ3) is 2.35. The largest absolute Gasteiger partial charge is 0.379 e. The average molecular weight is 198 g/mol. The molecule has 1 atom stereocenters. The lowest BCUT2D eigenvalue weighted by atomic mass is 9.92. The minimum absolute atomic E-state index is 0.111. The Morgan fingerprint density at radius 1 is 1.43 bits per heavy atom. The number of likely N-dealkylation sites (N-methyl/N-ethyl adjacent to an activating group) is 1. The van der Waals surface area contributed by atoms with Gasteiger partial charge in [-0.05, 0) is 20.9 Å². The summed E-state index contributed by atoms with van der Waals surface area (Å²) < 4.78 is 5.35. The first-order valence-corrected chi connectivity index (χ1v) is 5.25. The summed E-state index contributed by atoms with van der Waals surface area (Å²) in [5.41, 5.74) is 0.111. The Bertz CT molecular complexity index is 186. The van der Waals surface area contributed by atoms with E-state index in [1.165, 1.54) is 0 Å². The standard InChI is InChI=1S/C11H22N2O/c1-5-10(12-4)11(2,3)13-6-8-14-9-7-13/h5,10,12H,1,6-9H2,2-4H3. The summed E-state index contributed by atoms with van der Waals surface area (Å²) in [5, 5.41) is 3.29. The molecule has 1 fully saturated rings. The van der Waals surface area contributed by atoms with Gasteiger partial charge in [-0.25, -0.2) is 0 Å². The first kappa shape index (κ1) is 11.7. The highest BCUT2D eigenvalue weighted by Gasteiger charge is 2.33. The third-order valence-electron chi connectivity index (χ3n) is 3.13. The van der Waals surface area contributed by atoms with Crippen LogP contribution in [-0.4, -0.2) is 49.8 Å². The molecule has 1 unspecified atom stereocenters. The highest BCUT2D eigenvalue weighted by Crippen LogP contribution is 2.20. The second-order valence-electron chi connectivity index (χ2n) is 4.26. The van der Waals surface area contributed by atoms with Crippen LogP contribution in [0.3, 0.4) is 0 Å². The monoisotopic (exact) mass is 198 g/mol. The molecule has 0 bridgehead atoms. The van der Waals surface area contributed by atoms with Crippen LogP contribution in [0.2, 0.25) is 0 Å².